The van der Waals surface area contributed by atoms with Crippen molar-refractivity contribution >= 4 is 5.95 Å². The number of hydrogen-bond donors (Lipinski definition) is 0. The second-order valence-corrected chi connectivity index (χ2v) is 6.16. The Labute approximate surface area is 144 Å². The summed E-state index contributed by atoms with van der Waals surface area (Å²) < 4.78 is 3.34. The van der Waals surface area contributed by atoms with Crippen molar-refractivity contribution in [2.45, 2.75) is 19.8 Å². The van der Waals surface area contributed by atoms with Crippen LogP contribution in [0.25, 0.3) is 5.69 Å². The minimum absolute atomic E-state index is 0.0481. The number of aryl methyl sites for hydroxylation is 1. The van der Waals surface area contributed by atoms with Crippen molar-refractivity contribution in [3.05, 3.63) is 57.8 Å². The summed E-state index contributed by atoms with van der Waals surface area (Å²) in [5.74, 6) is 1.43. The molecule has 8 heteroatoms. The number of tetrazole rings is 1. The molecule has 0 amide bonds. The summed E-state index contributed by atoms with van der Waals surface area (Å²) in [7, 11) is 1.77. The fourth-order valence-electron chi connectivity index (χ4n) is 3.18. The summed E-state index contributed by atoms with van der Waals surface area (Å²) in [6.07, 6.45) is 1.34. The lowest BCUT2D eigenvalue weighted by Crippen LogP contribution is -2.29. The van der Waals surface area contributed by atoms with Crippen LogP contribution in [0.4, 0.5) is 5.95 Å². The Kier molecular flexibility index (Phi) is 3.79. The van der Waals surface area contributed by atoms with E-state index in [2.05, 4.69) is 25.4 Å². The van der Waals surface area contributed by atoms with Gasteiger partial charge in [-0.1, -0.05) is 23.3 Å². The highest BCUT2D eigenvalue weighted by atomic mass is 16.1. The van der Waals surface area contributed by atoms with Gasteiger partial charge in [-0.25, -0.2) is 4.98 Å². The van der Waals surface area contributed by atoms with E-state index in [0.29, 0.717) is 25.3 Å². The van der Waals surface area contributed by atoms with E-state index >= 15 is 0 Å². The fraction of sp³-hybridized carbons (Fsp3) is 0.353. The predicted octanol–water partition coefficient (Wildman–Crippen LogP) is 0.670. The van der Waals surface area contributed by atoms with Crippen LogP contribution in [0.5, 0.6) is 0 Å². The van der Waals surface area contributed by atoms with Gasteiger partial charge >= 0.3 is 0 Å². The second-order valence-electron chi connectivity index (χ2n) is 6.16. The zero-order chi connectivity index (χ0) is 17.4. The lowest BCUT2D eigenvalue weighted by Gasteiger charge is -2.20. The molecule has 3 heterocycles. The third-order valence-corrected chi connectivity index (χ3v) is 4.68. The molecule has 0 saturated carbocycles. The van der Waals surface area contributed by atoms with Gasteiger partial charge in [0.05, 0.1) is 11.4 Å². The number of rotatable bonds is 2. The van der Waals surface area contributed by atoms with Gasteiger partial charge in [-0.2, -0.15) is 4.68 Å². The first-order chi connectivity index (χ1) is 12.1. The number of nitrogens with zero attached hydrogens (tertiary/aromatic N) is 7. The first-order valence-electron chi connectivity index (χ1n) is 8.29. The number of fused-ring (bicyclic) bond motifs is 1. The molecular weight excluding hydrogens is 318 g/mol. The van der Waals surface area contributed by atoms with Crippen LogP contribution in [0, 0.1) is 6.92 Å². The van der Waals surface area contributed by atoms with Crippen molar-refractivity contribution in [3.8, 4) is 5.69 Å². The Morgan fingerprint density at radius 1 is 1.08 bits per heavy atom. The van der Waals surface area contributed by atoms with Gasteiger partial charge in [-0.05, 0) is 35.9 Å². The summed E-state index contributed by atoms with van der Waals surface area (Å²) in [6.45, 7) is 3.26. The minimum atomic E-state index is 0.0481. The molecule has 128 valence electrons. The van der Waals surface area contributed by atoms with Crippen LogP contribution in [0.15, 0.2) is 35.1 Å². The highest BCUT2D eigenvalue weighted by molar-refractivity contribution is 5.41. The Bertz CT molecular complexity index is 961. The molecule has 0 unspecified atom stereocenters. The van der Waals surface area contributed by atoms with Crippen molar-refractivity contribution in [1.29, 1.82) is 0 Å². The quantitative estimate of drug-likeness (QED) is 0.684. The van der Waals surface area contributed by atoms with Gasteiger partial charge in [0.15, 0.2) is 0 Å². The standard InChI is InChI=1S/C17H19N7O/c1-12-18-15-9-11-23(10-8-14(15)16(25)22(12)2)17-19-20-21-24(17)13-6-4-3-5-7-13/h3-7H,8-11H2,1-2H3. The molecule has 1 aromatic carbocycles. The van der Waals surface area contributed by atoms with Crippen LogP contribution >= 0.6 is 0 Å². The lowest BCUT2D eigenvalue weighted by atomic mass is 10.1. The summed E-state index contributed by atoms with van der Waals surface area (Å²) in [4.78, 5) is 19.3. The Morgan fingerprint density at radius 3 is 2.64 bits per heavy atom. The van der Waals surface area contributed by atoms with Crippen LogP contribution in [0.1, 0.15) is 17.1 Å². The van der Waals surface area contributed by atoms with Crippen molar-refractivity contribution in [2.24, 2.45) is 7.05 Å². The van der Waals surface area contributed by atoms with Crippen molar-refractivity contribution in [1.82, 2.24) is 29.8 Å². The molecule has 1 aliphatic rings. The molecule has 1 aliphatic heterocycles. The van der Waals surface area contributed by atoms with Gasteiger partial charge in [0.1, 0.15) is 5.82 Å². The third-order valence-electron chi connectivity index (χ3n) is 4.68. The Balaban J connectivity index is 1.67. The maximum absolute atomic E-state index is 12.5. The molecule has 0 spiro atoms. The van der Waals surface area contributed by atoms with Crippen molar-refractivity contribution in [2.75, 3.05) is 18.0 Å². The number of benzene rings is 1. The SMILES string of the molecule is Cc1nc2c(c(=O)n1C)CCN(c1nnnn1-c1ccccc1)CC2. The van der Waals surface area contributed by atoms with Crippen molar-refractivity contribution in [3.63, 3.8) is 0 Å². The third kappa shape index (κ3) is 2.69. The van der Waals surface area contributed by atoms with E-state index in [4.69, 9.17) is 0 Å². The number of anilines is 1. The van der Waals surface area contributed by atoms with Crippen molar-refractivity contribution < 1.29 is 0 Å². The van der Waals surface area contributed by atoms with Gasteiger partial charge in [-0.15, -0.1) is 0 Å². The van der Waals surface area contributed by atoms with E-state index < -0.39 is 0 Å². The molecule has 0 bridgehead atoms. The fourth-order valence-corrected chi connectivity index (χ4v) is 3.18. The molecule has 2 aromatic heterocycles. The van der Waals surface area contributed by atoms with Crippen LogP contribution in [-0.4, -0.2) is 42.8 Å². The average molecular weight is 337 g/mol. The normalized spacial score (nSPS) is 14.2. The highest BCUT2D eigenvalue weighted by Crippen LogP contribution is 2.19. The first-order valence-corrected chi connectivity index (χ1v) is 8.29. The van der Waals surface area contributed by atoms with E-state index in [0.717, 1.165) is 29.3 Å². The van der Waals surface area contributed by atoms with E-state index in [1.54, 1.807) is 16.3 Å². The molecule has 4 rings (SSSR count). The average Bonchev–Trinajstić information content (AvgIpc) is 3.02. The molecule has 8 nitrogen and oxygen atoms in total. The summed E-state index contributed by atoms with van der Waals surface area (Å²) >= 11 is 0. The Morgan fingerprint density at radius 2 is 1.84 bits per heavy atom. The minimum Gasteiger partial charge on any atom is -0.339 e. The summed E-state index contributed by atoms with van der Waals surface area (Å²) in [5, 5.41) is 12.2. The maximum Gasteiger partial charge on any atom is 0.256 e. The monoisotopic (exact) mass is 337 g/mol. The van der Waals surface area contributed by atoms with Crippen LogP contribution in [0.3, 0.4) is 0 Å². The largest absolute Gasteiger partial charge is 0.339 e. The molecule has 3 aromatic rings. The van der Waals surface area contributed by atoms with Gasteiger partial charge in [0.2, 0.25) is 5.95 Å². The maximum atomic E-state index is 12.5. The van der Waals surface area contributed by atoms with Crippen LogP contribution < -0.4 is 10.5 Å². The number of hydrogen-bond acceptors (Lipinski definition) is 6. The molecule has 0 N–H and O–H groups in total. The van der Waals surface area contributed by atoms with E-state index in [-0.39, 0.29) is 5.56 Å². The molecular formula is C17H19N7O. The van der Waals surface area contributed by atoms with Crippen LogP contribution in [-0.2, 0) is 19.9 Å². The van der Waals surface area contributed by atoms with Gasteiger partial charge < -0.3 is 4.90 Å². The van der Waals surface area contributed by atoms with Crippen LogP contribution in [0.2, 0.25) is 0 Å². The molecule has 0 fully saturated rings. The topological polar surface area (TPSA) is 81.7 Å². The van der Waals surface area contributed by atoms with Gasteiger partial charge in [0.25, 0.3) is 5.56 Å². The highest BCUT2D eigenvalue weighted by Gasteiger charge is 2.23. The van der Waals surface area contributed by atoms with E-state index in [1.807, 2.05) is 37.3 Å². The summed E-state index contributed by atoms with van der Waals surface area (Å²) in [5.41, 5.74) is 2.65. The zero-order valence-electron chi connectivity index (χ0n) is 14.3. The number of aromatic nitrogens is 6. The zero-order valence-corrected chi connectivity index (χ0v) is 14.3. The van der Waals surface area contributed by atoms with Gasteiger partial charge in [0, 0.05) is 32.1 Å². The second kappa shape index (κ2) is 6.12. The summed E-state index contributed by atoms with van der Waals surface area (Å²) in [6, 6.07) is 9.80. The van der Waals surface area contributed by atoms with E-state index in [9.17, 15) is 4.79 Å². The molecule has 0 atom stereocenters. The first kappa shape index (κ1) is 15.5. The molecule has 0 radical (unpaired) electrons. The van der Waals surface area contributed by atoms with Gasteiger partial charge in [-0.3, -0.25) is 9.36 Å². The van der Waals surface area contributed by atoms with E-state index in [1.165, 1.54) is 0 Å². The molecule has 0 aliphatic carbocycles. The lowest BCUT2D eigenvalue weighted by molar-refractivity contribution is 0.734. The molecule has 25 heavy (non-hydrogen) atoms. The Hall–Kier alpha value is -3.03. The molecule has 0 saturated heterocycles. The smallest absolute Gasteiger partial charge is 0.256 e. The number of para-hydroxylation sites is 1. The predicted molar refractivity (Wildman–Crippen MR) is 93.0 cm³/mol.